The second-order valence-electron chi connectivity index (χ2n) is 7.95. The highest BCUT2D eigenvalue weighted by molar-refractivity contribution is 5.91. The van der Waals surface area contributed by atoms with E-state index in [0.29, 0.717) is 23.6 Å². The van der Waals surface area contributed by atoms with Gasteiger partial charge in [-0.3, -0.25) is 10.3 Å². The number of carbonyl (C=O) groups excluding carboxylic acids is 1. The first-order valence-electron chi connectivity index (χ1n) is 10.4. The van der Waals surface area contributed by atoms with Crippen LogP contribution in [0.1, 0.15) is 45.2 Å². The molecule has 0 radical (unpaired) electrons. The van der Waals surface area contributed by atoms with E-state index in [0.717, 1.165) is 22.8 Å². The molecule has 5 heteroatoms. The maximum absolute atomic E-state index is 12.2. The van der Waals surface area contributed by atoms with E-state index in [-0.39, 0.29) is 0 Å². The molecule has 3 rings (SSSR count). The van der Waals surface area contributed by atoms with E-state index in [1.807, 2.05) is 64.1 Å². The number of hydrogen-bond donors (Lipinski definition) is 1. The van der Waals surface area contributed by atoms with Gasteiger partial charge in [0.25, 0.3) is 0 Å². The van der Waals surface area contributed by atoms with Gasteiger partial charge in [-0.15, -0.1) is 5.92 Å². The minimum absolute atomic E-state index is 0.291. The Morgan fingerprint density at radius 3 is 2.66 bits per heavy atom. The number of amides is 1. The van der Waals surface area contributed by atoms with E-state index in [1.165, 1.54) is 0 Å². The first-order chi connectivity index (χ1) is 15.4. The summed E-state index contributed by atoms with van der Waals surface area (Å²) >= 11 is 0. The number of carbonyl (C=O) groups is 1. The first kappa shape index (κ1) is 22.7. The monoisotopic (exact) mass is 426 g/mol. The SMILES string of the molecule is CCC#CCOc1ccc2ccccc2c1C#Cc1cnccc1NC(=O)OC(C)(C)C. The van der Waals surface area contributed by atoms with Gasteiger partial charge in [-0.25, -0.2) is 4.79 Å². The van der Waals surface area contributed by atoms with Gasteiger partial charge in [0, 0.05) is 24.2 Å². The maximum atomic E-state index is 12.2. The number of fused-ring (bicyclic) bond motifs is 1. The summed E-state index contributed by atoms with van der Waals surface area (Å²) in [5.74, 6) is 13.0. The number of benzene rings is 2. The number of pyridine rings is 1. The van der Waals surface area contributed by atoms with Gasteiger partial charge in [0.2, 0.25) is 0 Å². The lowest BCUT2D eigenvalue weighted by atomic mass is 10.0. The molecule has 1 aromatic heterocycles. The van der Waals surface area contributed by atoms with Crippen LogP contribution < -0.4 is 10.1 Å². The predicted molar refractivity (Wildman–Crippen MR) is 128 cm³/mol. The van der Waals surface area contributed by atoms with E-state index in [4.69, 9.17) is 9.47 Å². The second kappa shape index (κ2) is 10.4. The molecule has 32 heavy (non-hydrogen) atoms. The molecule has 0 atom stereocenters. The molecule has 1 heterocycles. The van der Waals surface area contributed by atoms with Crippen molar-refractivity contribution in [2.75, 3.05) is 11.9 Å². The van der Waals surface area contributed by atoms with Crippen LogP contribution in [0.3, 0.4) is 0 Å². The van der Waals surface area contributed by atoms with Crippen LogP contribution in [0.5, 0.6) is 5.75 Å². The first-order valence-corrected chi connectivity index (χ1v) is 10.4. The Morgan fingerprint density at radius 2 is 1.88 bits per heavy atom. The number of rotatable bonds is 3. The van der Waals surface area contributed by atoms with Crippen LogP contribution in [0, 0.1) is 23.7 Å². The number of nitrogens with zero attached hydrogens (tertiary/aromatic N) is 1. The third kappa shape index (κ3) is 6.27. The van der Waals surface area contributed by atoms with Gasteiger partial charge in [0.1, 0.15) is 18.0 Å². The molecule has 162 valence electrons. The molecule has 1 N–H and O–H groups in total. The van der Waals surface area contributed by atoms with E-state index in [1.54, 1.807) is 18.5 Å². The smallest absolute Gasteiger partial charge is 0.412 e. The molecule has 3 aromatic rings. The molecule has 0 bridgehead atoms. The Kier molecular flexibility index (Phi) is 7.37. The average molecular weight is 427 g/mol. The zero-order valence-electron chi connectivity index (χ0n) is 18.8. The number of nitrogens with one attached hydrogen (secondary N) is 1. The van der Waals surface area contributed by atoms with E-state index in [2.05, 4.69) is 34.0 Å². The van der Waals surface area contributed by atoms with Gasteiger partial charge in [-0.2, -0.15) is 0 Å². The van der Waals surface area contributed by atoms with Crippen LogP contribution in [0.25, 0.3) is 10.8 Å². The third-order valence-corrected chi connectivity index (χ3v) is 4.27. The highest BCUT2D eigenvalue weighted by Crippen LogP contribution is 2.27. The Bertz CT molecular complexity index is 1230. The Labute approximate surface area is 189 Å². The fourth-order valence-corrected chi connectivity index (χ4v) is 2.94. The van der Waals surface area contributed by atoms with Gasteiger partial charge in [0.15, 0.2) is 0 Å². The molecule has 1 amide bonds. The van der Waals surface area contributed by atoms with Gasteiger partial charge in [0.05, 0.1) is 16.8 Å². The lowest BCUT2D eigenvalue weighted by molar-refractivity contribution is 0.0636. The number of ether oxygens (including phenoxy) is 2. The lowest BCUT2D eigenvalue weighted by Gasteiger charge is -2.19. The quantitative estimate of drug-likeness (QED) is 0.540. The molecule has 0 saturated carbocycles. The second-order valence-corrected chi connectivity index (χ2v) is 7.95. The van der Waals surface area contributed by atoms with Crippen LogP contribution >= 0.6 is 0 Å². The zero-order valence-corrected chi connectivity index (χ0v) is 18.8. The minimum atomic E-state index is -0.598. The molecule has 0 saturated heterocycles. The minimum Gasteiger partial charge on any atom is -0.480 e. The van der Waals surface area contributed by atoms with E-state index in [9.17, 15) is 4.79 Å². The van der Waals surface area contributed by atoms with Crippen molar-refractivity contribution in [2.24, 2.45) is 0 Å². The Balaban J connectivity index is 1.97. The van der Waals surface area contributed by atoms with Crippen molar-refractivity contribution < 1.29 is 14.3 Å². The summed E-state index contributed by atoms with van der Waals surface area (Å²) < 4.78 is 11.3. The highest BCUT2D eigenvalue weighted by atomic mass is 16.6. The van der Waals surface area contributed by atoms with Crippen molar-refractivity contribution >= 4 is 22.6 Å². The zero-order chi connectivity index (χ0) is 23.0. The standard InChI is InChI=1S/C27H26N2O3/c1-5-6-9-18-31-25-15-13-20-10-7-8-11-22(20)23(25)14-12-21-19-28-17-16-24(21)29-26(30)32-27(2,3)4/h7-8,10-11,13,15-17,19H,5,18H2,1-4H3,(H,28,29,30). The predicted octanol–water partition coefficient (Wildman–Crippen LogP) is 5.77. The molecule has 5 nitrogen and oxygen atoms in total. The van der Waals surface area contributed by atoms with Crippen molar-refractivity contribution in [3.8, 4) is 29.4 Å². The lowest BCUT2D eigenvalue weighted by Crippen LogP contribution is -2.27. The Morgan fingerprint density at radius 1 is 1.06 bits per heavy atom. The van der Waals surface area contributed by atoms with Crippen molar-refractivity contribution in [2.45, 2.75) is 39.7 Å². The summed E-state index contributed by atoms with van der Waals surface area (Å²) in [6, 6.07) is 13.6. The largest absolute Gasteiger partial charge is 0.480 e. The summed E-state index contributed by atoms with van der Waals surface area (Å²) in [4.78, 5) is 16.4. The molecule has 0 aliphatic rings. The Hall–Kier alpha value is -3.96. The van der Waals surface area contributed by atoms with Gasteiger partial charge in [-0.05, 0) is 38.3 Å². The molecule has 0 aliphatic carbocycles. The maximum Gasteiger partial charge on any atom is 0.412 e. The molecule has 0 unspecified atom stereocenters. The third-order valence-electron chi connectivity index (χ3n) is 4.27. The molecule has 0 spiro atoms. The fourth-order valence-electron chi connectivity index (χ4n) is 2.94. The van der Waals surface area contributed by atoms with Crippen LogP contribution in [-0.4, -0.2) is 23.3 Å². The fraction of sp³-hybridized carbons (Fsp3) is 0.259. The van der Waals surface area contributed by atoms with Crippen LogP contribution in [0.4, 0.5) is 10.5 Å². The molecule has 0 fully saturated rings. The molecular weight excluding hydrogens is 400 g/mol. The summed E-state index contributed by atoms with van der Waals surface area (Å²) in [7, 11) is 0. The van der Waals surface area contributed by atoms with Gasteiger partial charge >= 0.3 is 6.09 Å². The topological polar surface area (TPSA) is 60.5 Å². The van der Waals surface area contributed by atoms with E-state index >= 15 is 0 Å². The number of hydrogen-bond acceptors (Lipinski definition) is 4. The van der Waals surface area contributed by atoms with Crippen molar-refractivity contribution in [1.29, 1.82) is 0 Å². The summed E-state index contributed by atoms with van der Waals surface area (Å²) in [5, 5.41) is 4.79. The summed E-state index contributed by atoms with van der Waals surface area (Å²) in [6.45, 7) is 7.72. The summed E-state index contributed by atoms with van der Waals surface area (Å²) in [6.07, 6.45) is 3.44. The molecule has 0 aliphatic heterocycles. The molecular formula is C27H26N2O3. The van der Waals surface area contributed by atoms with Gasteiger partial charge in [-0.1, -0.05) is 55.0 Å². The number of aromatic nitrogens is 1. The van der Waals surface area contributed by atoms with E-state index < -0.39 is 11.7 Å². The average Bonchev–Trinajstić information content (AvgIpc) is 2.75. The van der Waals surface area contributed by atoms with Crippen LogP contribution in [-0.2, 0) is 4.74 Å². The normalized spacial score (nSPS) is 10.4. The highest BCUT2D eigenvalue weighted by Gasteiger charge is 2.17. The van der Waals surface area contributed by atoms with Crippen molar-refractivity contribution in [3.05, 3.63) is 66.0 Å². The van der Waals surface area contributed by atoms with Crippen molar-refractivity contribution in [3.63, 3.8) is 0 Å². The molecule has 2 aromatic carbocycles. The number of anilines is 1. The summed E-state index contributed by atoms with van der Waals surface area (Å²) in [5.41, 5.74) is 1.26. The van der Waals surface area contributed by atoms with Crippen LogP contribution in [0.15, 0.2) is 54.9 Å². The van der Waals surface area contributed by atoms with Crippen molar-refractivity contribution in [1.82, 2.24) is 4.98 Å². The van der Waals surface area contributed by atoms with Gasteiger partial charge < -0.3 is 9.47 Å². The van der Waals surface area contributed by atoms with Crippen LogP contribution in [0.2, 0.25) is 0 Å².